The Hall–Kier alpha value is -3.81. The highest BCUT2D eigenvalue weighted by Crippen LogP contribution is 2.24. The van der Waals surface area contributed by atoms with Crippen LogP contribution in [0.5, 0.6) is 0 Å². The summed E-state index contributed by atoms with van der Waals surface area (Å²) in [6.45, 7) is 5.14. The maximum absolute atomic E-state index is 12.9. The van der Waals surface area contributed by atoms with Crippen molar-refractivity contribution in [1.29, 1.82) is 0 Å². The van der Waals surface area contributed by atoms with Gasteiger partial charge in [0.2, 0.25) is 0 Å². The second-order valence-electron chi connectivity index (χ2n) is 6.66. The summed E-state index contributed by atoms with van der Waals surface area (Å²) >= 11 is 0. The zero-order chi connectivity index (χ0) is 21.8. The van der Waals surface area contributed by atoms with Crippen molar-refractivity contribution < 1.29 is 28.3 Å². The number of hydrogen-bond donors (Lipinski definition) is 1. The number of carbonyl (C=O) groups is 4. The molecule has 0 spiro atoms. The number of hydrogen-bond acceptors (Lipinski definition) is 5. The Morgan fingerprint density at radius 1 is 1.13 bits per heavy atom. The highest BCUT2D eigenvalue weighted by Gasteiger charge is 2.35. The van der Waals surface area contributed by atoms with E-state index in [4.69, 9.17) is 4.74 Å². The number of carbonyl (C=O) groups excluding carboxylic acids is 4. The zero-order valence-corrected chi connectivity index (χ0v) is 16.2. The molecule has 0 radical (unpaired) electrons. The van der Waals surface area contributed by atoms with E-state index in [0.717, 1.165) is 4.90 Å². The Morgan fingerprint density at radius 2 is 1.80 bits per heavy atom. The van der Waals surface area contributed by atoms with E-state index in [9.17, 15) is 23.6 Å². The van der Waals surface area contributed by atoms with Crippen LogP contribution < -0.4 is 5.32 Å². The molecule has 0 unspecified atom stereocenters. The molecule has 1 aliphatic rings. The Morgan fingerprint density at radius 3 is 2.47 bits per heavy atom. The number of imide groups is 1. The van der Waals surface area contributed by atoms with E-state index in [2.05, 4.69) is 11.9 Å². The van der Waals surface area contributed by atoms with E-state index in [-0.39, 0.29) is 35.6 Å². The number of nitrogens with zero attached hydrogens (tertiary/aromatic N) is 1. The Balaban J connectivity index is 1.62. The number of benzene rings is 2. The van der Waals surface area contributed by atoms with Crippen LogP contribution in [0.2, 0.25) is 0 Å². The average molecular weight is 410 g/mol. The lowest BCUT2D eigenvalue weighted by atomic mass is 10.1. The molecule has 3 rings (SSSR count). The molecule has 3 amide bonds. The molecule has 154 valence electrons. The fourth-order valence-electron chi connectivity index (χ4n) is 2.93. The third-order valence-electron chi connectivity index (χ3n) is 4.55. The summed E-state index contributed by atoms with van der Waals surface area (Å²) in [5.74, 6) is -2.69. The van der Waals surface area contributed by atoms with Crippen LogP contribution >= 0.6 is 0 Å². The SMILES string of the molecule is C=CCN1C(=O)c2ccc(C(=O)O[C@@H](C)C(=O)NCc3ccc(F)cc3)cc2C1=O. The molecular weight excluding hydrogens is 391 g/mol. The van der Waals surface area contributed by atoms with Gasteiger partial charge in [-0.1, -0.05) is 18.2 Å². The average Bonchev–Trinajstić information content (AvgIpc) is 2.97. The molecule has 2 aromatic carbocycles. The van der Waals surface area contributed by atoms with E-state index in [0.29, 0.717) is 5.56 Å². The van der Waals surface area contributed by atoms with Crippen molar-refractivity contribution in [3.63, 3.8) is 0 Å². The molecule has 0 fully saturated rings. The van der Waals surface area contributed by atoms with Gasteiger partial charge in [0.15, 0.2) is 6.10 Å². The van der Waals surface area contributed by atoms with E-state index in [1.165, 1.54) is 55.5 Å². The minimum atomic E-state index is -1.10. The number of esters is 1. The Labute approximate surface area is 172 Å². The Bertz CT molecular complexity index is 1030. The smallest absolute Gasteiger partial charge is 0.338 e. The topological polar surface area (TPSA) is 92.8 Å². The molecule has 0 bridgehead atoms. The summed E-state index contributed by atoms with van der Waals surface area (Å²) in [5, 5.41) is 2.60. The predicted molar refractivity (Wildman–Crippen MR) is 105 cm³/mol. The third-order valence-corrected chi connectivity index (χ3v) is 4.55. The first-order chi connectivity index (χ1) is 14.3. The molecule has 8 heteroatoms. The normalized spacial score (nSPS) is 13.6. The molecule has 1 heterocycles. The number of halogens is 1. The van der Waals surface area contributed by atoms with Gasteiger partial charge in [-0.3, -0.25) is 19.3 Å². The van der Waals surface area contributed by atoms with Crippen molar-refractivity contribution in [3.8, 4) is 0 Å². The van der Waals surface area contributed by atoms with Crippen molar-refractivity contribution >= 4 is 23.7 Å². The van der Waals surface area contributed by atoms with Crippen LogP contribution in [0.4, 0.5) is 4.39 Å². The van der Waals surface area contributed by atoms with Crippen molar-refractivity contribution in [3.05, 3.63) is 83.2 Å². The molecule has 0 aromatic heterocycles. The number of ether oxygens (including phenoxy) is 1. The summed E-state index contributed by atoms with van der Waals surface area (Å²) in [7, 11) is 0. The van der Waals surface area contributed by atoms with Gasteiger partial charge in [-0.15, -0.1) is 6.58 Å². The summed E-state index contributed by atoms with van der Waals surface area (Å²) in [5.41, 5.74) is 1.04. The van der Waals surface area contributed by atoms with Crippen LogP contribution in [0.25, 0.3) is 0 Å². The second-order valence-corrected chi connectivity index (χ2v) is 6.66. The van der Waals surface area contributed by atoms with E-state index in [1.807, 2.05) is 0 Å². The molecule has 1 N–H and O–H groups in total. The van der Waals surface area contributed by atoms with Gasteiger partial charge in [0, 0.05) is 13.1 Å². The van der Waals surface area contributed by atoms with Gasteiger partial charge in [-0.2, -0.15) is 0 Å². The quantitative estimate of drug-likeness (QED) is 0.430. The first-order valence-electron chi connectivity index (χ1n) is 9.16. The van der Waals surface area contributed by atoms with Gasteiger partial charge >= 0.3 is 5.97 Å². The van der Waals surface area contributed by atoms with Gasteiger partial charge in [0.1, 0.15) is 5.82 Å². The maximum atomic E-state index is 12.9. The fourth-order valence-corrected chi connectivity index (χ4v) is 2.93. The summed E-state index contributed by atoms with van der Waals surface area (Å²) < 4.78 is 18.1. The standard InChI is InChI=1S/C22H19FN2O5/c1-3-10-25-20(27)17-9-6-15(11-18(17)21(25)28)22(29)30-13(2)19(26)24-12-14-4-7-16(23)8-5-14/h3-9,11,13H,1,10,12H2,2H3,(H,24,26)/t13-/m0/s1. The third kappa shape index (κ3) is 4.27. The van der Waals surface area contributed by atoms with Gasteiger partial charge in [-0.05, 0) is 42.8 Å². The fraction of sp³-hybridized carbons (Fsp3) is 0.182. The van der Waals surface area contributed by atoms with Gasteiger partial charge in [-0.25, -0.2) is 9.18 Å². The molecule has 1 aliphatic heterocycles. The number of rotatable bonds is 7. The molecule has 7 nitrogen and oxygen atoms in total. The molecule has 0 saturated carbocycles. The maximum Gasteiger partial charge on any atom is 0.338 e. The van der Waals surface area contributed by atoms with Crippen molar-refractivity contribution in [2.45, 2.75) is 19.6 Å². The van der Waals surface area contributed by atoms with Crippen LogP contribution in [0.3, 0.4) is 0 Å². The predicted octanol–water partition coefficient (Wildman–Crippen LogP) is 2.47. The monoisotopic (exact) mass is 410 g/mol. The zero-order valence-electron chi connectivity index (χ0n) is 16.2. The molecular formula is C22H19FN2O5. The van der Waals surface area contributed by atoms with Crippen molar-refractivity contribution in [2.24, 2.45) is 0 Å². The highest BCUT2D eigenvalue weighted by atomic mass is 19.1. The van der Waals surface area contributed by atoms with Gasteiger partial charge in [0.05, 0.1) is 16.7 Å². The largest absolute Gasteiger partial charge is 0.449 e. The lowest BCUT2D eigenvalue weighted by Gasteiger charge is -2.14. The van der Waals surface area contributed by atoms with E-state index < -0.39 is 29.8 Å². The molecule has 1 atom stereocenters. The summed E-state index contributed by atoms with van der Waals surface area (Å²) in [4.78, 5) is 50.2. The highest BCUT2D eigenvalue weighted by molar-refractivity contribution is 6.22. The lowest BCUT2D eigenvalue weighted by Crippen LogP contribution is -2.35. The Kier molecular flexibility index (Phi) is 6.06. The first-order valence-corrected chi connectivity index (χ1v) is 9.16. The van der Waals surface area contributed by atoms with Crippen LogP contribution in [0.1, 0.15) is 43.6 Å². The van der Waals surface area contributed by atoms with E-state index >= 15 is 0 Å². The minimum Gasteiger partial charge on any atom is -0.449 e. The molecule has 0 saturated heterocycles. The van der Waals surface area contributed by atoms with E-state index in [1.54, 1.807) is 0 Å². The molecule has 2 aromatic rings. The van der Waals surface area contributed by atoms with Crippen LogP contribution in [-0.2, 0) is 16.1 Å². The van der Waals surface area contributed by atoms with Crippen LogP contribution in [0, 0.1) is 5.82 Å². The van der Waals surface area contributed by atoms with Crippen molar-refractivity contribution in [1.82, 2.24) is 10.2 Å². The number of nitrogens with one attached hydrogen (secondary N) is 1. The molecule has 0 aliphatic carbocycles. The first kappa shape index (κ1) is 20.9. The second kappa shape index (κ2) is 8.69. The minimum absolute atomic E-state index is 0.0496. The van der Waals surface area contributed by atoms with Crippen LogP contribution in [0.15, 0.2) is 55.1 Å². The summed E-state index contributed by atoms with van der Waals surface area (Å²) in [6.07, 6.45) is 0.337. The van der Waals surface area contributed by atoms with Gasteiger partial charge < -0.3 is 10.1 Å². The van der Waals surface area contributed by atoms with Crippen molar-refractivity contribution in [2.75, 3.05) is 6.54 Å². The number of amides is 3. The summed E-state index contributed by atoms with van der Waals surface area (Å²) in [6, 6.07) is 9.66. The molecule has 30 heavy (non-hydrogen) atoms. The van der Waals surface area contributed by atoms with Crippen LogP contribution in [-0.4, -0.2) is 41.2 Å². The lowest BCUT2D eigenvalue weighted by molar-refractivity contribution is -0.129. The van der Waals surface area contributed by atoms with Gasteiger partial charge in [0.25, 0.3) is 17.7 Å². The number of fused-ring (bicyclic) bond motifs is 1.